The minimum Gasteiger partial charge on any atom is -0.497 e. The predicted molar refractivity (Wildman–Crippen MR) is 108 cm³/mol. The van der Waals surface area contributed by atoms with Crippen molar-refractivity contribution in [2.75, 3.05) is 14.2 Å². The molecule has 0 spiro atoms. The molecular weight excluding hydrogens is 386 g/mol. The van der Waals surface area contributed by atoms with Crippen LogP contribution in [0.4, 0.5) is 0 Å². The minimum absolute atomic E-state index is 0.0232. The molecule has 2 aromatic heterocycles. The van der Waals surface area contributed by atoms with Crippen molar-refractivity contribution in [1.82, 2.24) is 19.9 Å². The third-order valence-electron chi connectivity index (χ3n) is 5.33. The highest BCUT2D eigenvalue weighted by molar-refractivity contribution is 6.01. The minimum atomic E-state index is -0.667. The Balaban J connectivity index is 1.61. The van der Waals surface area contributed by atoms with Gasteiger partial charge in [0, 0.05) is 19.3 Å². The summed E-state index contributed by atoms with van der Waals surface area (Å²) in [5.41, 5.74) is 8.96. The van der Waals surface area contributed by atoms with Crippen LogP contribution in [0.25, 0.3) is 5.65 Å². The van der Waals surface area contributed by atoms with E-state index in [1.165, 1.54) is 28.9 Å². The largest absolute Gasteiger partial charge is 0.497 e. The number of ether oxygens (including phenoxy) is 2. The number of aromatic nitrogens is 3. The van der Waals surface area contributed by atoms with Gasteiger partial charge in [0.15, 0.2) is 5.65 Å². The van der Waals surface area contributed by atoms with Crippen molar-refractivity contribution in [2.45, 2.75) is 31.9 Å². The van der Waals surface area contributed by atoms with Gasteiger partial charge in [-0.15, -0.1) is 0 Å². The van der Waals surface area contributed by atoms with Gasteiger partial charge in [0.05, 0.1) is 13.7 Å². The average molecular weight is 409 g/mol. The number of nitrogens with two attached hydrogens (primary N) is 1. The zero-order valence-electron chi connectivity index (χ0n) is 16.8. The van der Waals surface area contributed by atoms with Crippen molar-refractivity contribution in [3.8, 4) is 5.75 Å². The van der Waals surface area contributed by atoms with Crippen molar-refractivity contribution in [3.63, 3.8) is 0 Å². The first-order valence-electron chi connectivity index (χ1n) is 9.63. The maximum absolute atomic E-state index is 13.0. The van der Waals surface area contributed by atoms with Gasteiger partial charge in [0.2, 0.25) is 0 Å². The topological polar surface area (TPSA) is 121 Å². The van der Waals surface area contributed by atoms with Gasteiger partial charge in [-0.2, -0.15) is 5.10 Å². The zero-order valence-corrected chi connectivity index (χ0v) is 16.8. The Bertz CT molecular complexity index is 1120. The van der Waals surface area contributed by atoms with Crippen LogP contribution in [0.1, 0.15) is 44.1 Å². The van der Waals surface area contributed by atoms with Gasteiger partial charge in [0.1, 0.15) is 22.7 Å². The Morgan fingerprint density at radius 2 is 2.10 bits per heavy atom. The molecule has 0 bridgehead atoms. The number of hydrogen-bond donors (Lipinski definition) is 2. The lowest BCUT2D eigenvalue weighted by molar-refractivity contribution is 0.0924. The lowest BCUT2D eigenvalue weighted by Crippen LogP contribution is -2.39. The number of benzene rings is 1. The molecule has 3 aromatic rings. The van der Waals surface area contributed by atoms with E-state index in [-0.39, 0.29) is 35.5 Å². The van der Waals surface area contributed by atoms with Crippen LogP contribution in [0.5, 0.6) is 5.75 Å². The molecule has 2 heterocycles. The molecule has 3 N–H and O–H groups in total. The fraction of sp³-hybridized carbons (Fsp3) is 0.333. The van der Waals surface area contributed by atoms with Crippen molar-refractivity contribution in [2.24, 2.45) is 5.73 Å². The summed E-state index contributed by atoms with van der Waals surface area (Å²) in [6.07, 6.45) is 3.89. The molecule has 1 aliphatic carbocycles. The number of amides is 2. The molecule has 0 saturated heterocycles. The number of carbonyl (C=O) groups excluding carboxylic acids is 2. The predicted octanol–water partition coefficient (Wildman–Crippen LogP) is 1.27. The zero-order chi connectivity index (χ0) is 21.3. The Kier molecular flexibility index (Phi) is 5.37. The normalized spacial score (nSPS) is 15.6. The molecule has 2 amide bonds. The molecule has 1 unspecified atom stereocenters. The van der Waals surface area contributed by atoms with E-state index in [0.29, 0.717) is 12.1 Å². The first-order valence-corrected chi connectivity index (χ1v) is 9.63. The number of rotatable bonds is 6. The highest BCUT2D eigenvalue weighted by atomic mass is 16.5. The van der Waals surface area contributed by atoms with E-state index in [2.05, 4.69) is 21.5 Å². The van der Waals surface area contributed by atoms with Crippen molar-refractivity contribution in [3.05, 3.63) is 58.5 Å². The van der Waals surface area contributed by atoms with Crippen LogP contribution in [0, 0.1) is 0 Å². The van der Waals surface area contributed by atoms with Gasteiger partial charge >= 0.3 is 0 Å². The highest BCUT2D eigenvalue weighted by Crippen LogP contribution is 2.26. The molecule has 0 aliphatic heterocycles. The summed E-state index contributed by atoms with van der Waals surface area (Å²) < 4.78 is 11.8. The monoisotopic (exact) mass is 409 g/mol. The van der Waals surface area contributed by atoms with Gasteiger partial charge < -0.3 is 20.5 Å². The van der Waals surface area contributed by atoms with Crippen molar-refractivity contribution in [1.29, 1.82) is 0 Å². The van der Waals surface area contributed by atoms with E-state index in [1.807, 2.05) is 12.1 Å². The second-order valence-corrected chi connectivity index (χ2v) is 7.23. The Labute approximate surface area is 173 Å². The Morgan fingerprint density at radius 3 is 2.83 bits per heavy atom. The molecule has 156 valence electrons. The van der Waals surface area contributed by atoms with Crippen LogP contribution in [0.15, 0.2) is 30.5 Å². The number of nitrogens with one attached hydrogen (secondary N) is 1. The summed E-state index contributed by atoms with van der Waals surface area (Å²) in [5, 5.41) is 7.43. The van der Waals surface area contributed by atoms with E-state index in [1.54, 1.807) is 13.2 Å². The number of nitrogens with zero attached hydrogens (tertiary/aromatic N) is 3. The molecule has 0 saturated carbocycles. The van der Waals surface area contributed by atoms with E-state index >= 15 is 0 Å². The molecule has 30 heavy (non-hydrogen) atoms. The van der Waals surface area contributed by atoms with E-state index in [4.69, 9.17) is 15.2 Å². The van der Waals surface area contributed by atoms with Crippen molar-refractivity contribution < 1.29 is 19.1 Å². The van der Waals surface area contributed by atoms with Crippen LogP contribution < -0.4 is 15.8 Å². The van der Waals surface area contributed by atoms with Crippen molar-refractivity contribution >= 4 is 17.5 Å². The fourth-order valence-corrected chi connectivity index (χ4v) is 3.89. The lowest BCUT2D eigenvalue weighted by Gasteiger charge is -2.26. The van der Waals surface area contributed by atoms with E-state index in [9.17, 15) is 9.59 Å². The van der Waals surface area contributed by atoms with Crippen LogP contribution >= 0.6 is 0 Å². The quantitative estimate of drug-likeness (QED) is 0.632. The number of primary amides is 1. The third kappa shape index (κ3) is 3.59. The van der Waals surface area contributed by atoms with Gasteiger partial charge in [-0.25, -0.2) is 9.50 Å². The summed E-state index contributed by atoms with van der Waals surface area (Å²) in [6.45, 7) is 0.0872. The maximum atomic E-state index is 13.0. The first kappa shape index (κ1) is 19.8. The highest BCUT2D eigenvalue weighted by Gasteiger charge is 2.25. The number of methoxy groups -OCH3 is 2. The van der Waals surface area contributed by atoms with Crippen LogP contribution in [-0.4, -0.2) is 46.7 Å². The molecule has 1 atom stereocenters. The second-order valence-electron chi connectivity index (χ2n) is 7.23. The first-order chi connectivity index (χ1) is 14.5. The lowest BCUT2D eigenvalue weighted by atomic mass is 9.88. The van der Waals surface area contributed by atoms with Crippen LogP contribution in [-0.2, 0) is 24.2 Å². The van der Waals surface area contributed by atoms with E-state index < -0.39 is 5.91 Å². The van der Waals surface area contributed by atoms with Gasteiger partial charge in [0.25, 0.3) is 11.8 Å². The summed E-state index contributed by atoms with van der Waals surface area (Å²) in [4.78, 5) is 29.1. The van der Waals surface area contributed by atoms with Gasteiger partial charge in [-0.05, 0) is 48.6 Å². The number of carbonyl (C=O) groups is 2. The summed E-state index contributed by atoms with van der Waals surface area (Å²) in [5.74, 6) is -0.154. The number of hydrogen-bond acceptors (Lipinski definition) is 6. The second kappa shape index (κ2) is 8.11. The third-order valence-corrected chi connectivity index (χ3v) is 5.33. The fourth-order valence-electron chi connectivity index (χ4n) is 3.89. The number of aryl methyl sites for hydroxylation is 1. The smallest absolute Gasteiger partial charge is 0.270 e. The Hall–Kier alpha value is -3.46. The molecule has 1 aromatic carbocycles. The molecular formula is C21H23N5O4. The molecule has 9 nitrogen and oxygen atoms in total. The van der Waals surface area contributed by atoms with Crippen LogP contribution in [0.2, 0.25) is 0 Å². The van der Waals surface area contributed by atoms with Crippen LogP contribution in [0.3, 0.4) is 0 Å². The summed E-state index contributed by atoms with van der Waals surface area (Å²) in [7, 11) is 3.13. The summed E-state index contributed by atoms with van der Waals surface area (Å²) in [6, 6.07) is 7.59. The summed E-state index contributed by atoms with van der Waals surface area (Å²) >= 11 is 0. The van der Waals surface area contributed by atoms with Gasteiger partial charge in [-0.3, -0.25) is 9.59 Å². The van der Waals surface area contributed by atoms with E-state index in [0.717, 1.165) is 18.6 Å². The molecule has 0 fully saturated rings. The average Bonchev–Trinajstić information content (AvgIpc) is 3.11. The Morgan fingerprint density at radius 1 is 1.27 bits per heavy atom. The SMILES string of the molecule is COCc1nn2c(C(=O)NC3CCc4ccc(OC)cc4C3)ccnc2c1C(N)=O. The van der Waals surface area contributed by atoms with Gasteiger partial charge in [-0.1, -0.05) is 6.07 Å². The molecule has 1 aliphatic rings. The maximum Gasteiger partial charge on any atom is 0.270 e. The standard InChI is InChI=1S/C21H23N5O4/c1-29-11-16-18(19(22)27)20-23-8-7-17(26(20)25-16)21(28)24-14-5-3-12-4-6-15(30-2)10-13(12)9-14/h4,6-8,10,14H,3,5,9,11H2,1-2H3,(H2,22,27)(H,24,28). The molecule has 4 rings (SSSR count). The number of fused-ring (bicyclic) bond motifs is 2. The molecule has 9 heteroatoms. The molecule has 0 radical (unpaired) electrons.